The largest absolute Gasteiger partial charge is 0.251 e. The standard InChI is InChI=1S/C14H18N2S/c1-11-9-12(10-15)3-4-14(11)13-5-7-16(17-2)8-6-13/h3-4,9,13H,5-8H2,1-2H3. The van der Waals surface area contributed by atoms with Gasteiger partial charge in [0.1, 0.15) is 0 Å². The summed E-state index contributed by atoms with van der Waals surface area (Å²) in [6, 6.07) is 8.31. The molecule has 0 spiro atoms. The summed E-state index contributed by atoms with van der Waals surface area (Å²) in [4.78, 5) is 0. The Morgan fingerprint density at radius 2 is 2.06 bits per heavy atom. The third-order valence-electron chi connectivity index (χ3n) is 3.55. The van der Waals surface area contributed by atoms with Gasteiger partial charge < -0.3 is 0 Å². The third-order valence-corrected chi connectivity index (χ3v) is 4.43. The number of nitriles is 1. The molecule has 0 saturated carbocycles. The van der Waals surface area contributed by atoms with Gasteiger partial charge in [0, 0.05) is 13.1 Å². The molecule has 0 radical (unpaired) electrons. The van der Waals surface area contributed by atoms with E-state index < -0.39 is 0 Å². The molecule has 2 rings (SSSR count). The molecule has 0 unspecified atom stereocenters. The molecule has 3 heteroatoms. The van der Waals surface area contributed by atoms with Crippen molar-refractivity contribution in [3.63, 3.8) is 0 Å². The summed E-state index contributed by atoms with van der Waals surface area (Å²) in [5, 5.41) is 8.87. The molecule has 0 amide bonds. The van der Waals surface area contributed by atoms with E-state index in [4.69, 9.17) is 5.26 Å². The molecule has 90 valence electrons. The van der Waals surface area contributed by atoms with Crippen LogP contribution in [0.5, 0.6) is 0 Å². The molecule has 1 aromatic carbocycles. The van der Waals surface area contributed by atoms with Crippen LogP contribution in [0.3, 0.4) is 0 Å². The molecule has 0 bridgehead atoms. The van der Waals surface area contributed by atoms with E-state index in [1.54, 1.807) is 0 Å². The zero-order valence-corrected chi connectivity index (χ0v) is 11.3. The molecule has 0 N–H and O–H groups in total. The van der Waals surface area contributed by atoms with Gasteiger partial charge in [0.05, 0.1) is 11.6 Å². The molecule has 1 aliphatic rings. The van der Waals surface area contributed by atoms with Gasteiger partial charge in [0.2, 0.25) is 0 Å². The molecule has 0 aliphatic carbocycles. The van der Waals surface area contributed by atoms with Gasteiger partial charge in [-0.25, -0.2) is 0 Å². The molecule has 2 nitrogen and oxygen atoms in total. The summed E-state index contributed by atoms with van der Waals surface area (Å²) < 4.78 is 2.43. The Balaban J connectivity index is 2.11. The molecule has 1 fully saturated rings. The van der Waals surface area contributed by atoms with Crippen LogP contribution in [-0.2, 0) is 0 Å². The van der Waals surface area contributed by atoms with Crippen LogP contribution >= 0.6 is 11.9 Å². The summed E-state index contributed by atoms with van der Waals surface area (Å²) in [5.74, 6) is 0.672. The second-order valence-electron chi connectivity index (χ2n) is 4.57. The van der Waals surface area contributed by atoms with Crippen molar-refractivity contribution in [2.75, 3.05) is 19.3 Å². The highest BCUT2D eigenvalue weighted by molar-refractivity contribution is 7.96. The third kappa shape index (κ3) is 2.83. The quantitative estimate of drug-likeness (QED) is 0.749. The second kappa shape index (κ2) is 5.57. The van der Waals surface area contributed by atoms with Crippen LogP contribution in [0.1, 0.15) is 35.4 Å². The lowest BCUT2D eigenvalue weighted by Gasteiger charge is -2.31. The summed E-state index contributed by atoms with van der Waals surface area (Å²) in [6.07, 6.45) is 4.61. The Labute approximate surface area is 108 Å². The van der Waals surface area contributed by atoms with E-state index in [-0.39, 0.29) is 0 Å². The molecule has 0 atom stereocenters. The van der Waals surface area contributed by atoms with Crippen LogP contribution in [0.4, 0.5) is 0 Å². The maximum Gasteiger partial charge on any atom is 0.0991 e. The number of rotatable bonds is 2. The predicted molar refractivity (Wildman–Crippen MR) is 73.0 cm³/mol. The normalized spacial score (nSPS) is 17.9. The molecular weight excluding hydrogens is 228 g/mol. The van der Waals surface area contributed by atoms with Gasteiger partial charge in [0.15, 0.2) is 0 Å². The van der Waals surface area contributed by atoms with Gasteiger partial charge in [-0.1, -0.05) is 18.0 Å². The minimum atomic E-state index is 0.672. The SMILES string of the molecule is CSN1CCC(c2ccc(C#N)cc2C)CC1. The average molecular weight is 246 g/mol. The van der Waals surface area contributed by atoms with Gasteiger partial charge in [0.25, 0.3) is 0 Å². The van der Waals surface area contributed by atoms with Crippen molar-refractivity contribution in [3.05, 3.63) is 34.9 Å². The number of benzene rings is 1. The predicted octanol–water partition coefficient (Wildman–Crippen LogP) is 3.32. The number of hydrogen-bond acceptors (Lipinski definition) is 3. The number of hydrogen-bond donors (Lipinski definition) is 0. The van der Waals surface area contributed by atoms with Crippen LogP contribution < -0.4 is 0 Å². The van der Waals surface area contributed by atoms with Crippen molar-refractivity contribution < 1.29 is 0 Å². The molecule has 0 aromatic heterocycles. The Bertz CT molecular complexity index is 428. The summed E-state index contributed by atoms with van der Waals surface area (Å²) in [6.45, 7) is 4.47. The van der Waals surface area contributed by atoms with Gasteiger partial charge in [-0.3, -0.25) is 4.31 Å². The number of aryl methyl sites for hydroxylation is 1. The highest BCUT2D eigenvalue weighted by Crippen LogP contribution is 2.32. The van der Waals surface area contributed by atoms with Crippen molar-refractivity contribution in [3.8, 4) is 6.07 Å². The van der Waals surface area contributed by atoms with Gasteiger partial charge in [-0.05, 0) is 55.2 Å². The molecular formula is C14H18N2S. The van der Waals surface area contributed by atoms with Gasteiger partial charge >= 0.3 is 0 Å². The number of nitrogens with zero attached hydrogens (tertiary/aromatic N) is 2. The van der Waals surface area contributed by atoms with E-state index in [1.807, 2.05) is 24.1 Å². The zero-order chi connectivity index (χ0) is 12.3. The van der Waals surface area contributed by atoms with Crippen LogP contribution in [-0.4, -0.2) is 23.7 Å². The van der Waals surface area contributed by atoms with E-state index in [0.717, 1.165) is 5.56 Å². The minimum absolute atomic E-state index is 0.672. The molecule has 1 aromatic rings. The fourth-order valence-electron chi connectivity index (χ4n) is 2.55. The van der Waals surface area contributed by atoms with Crippen LogP contribution in [0.25, 0.3) is 0 Å². The Morgan fingerprint density at radius 3 is 2.59 bits per heavy atom. The van der Waals surface area contributed by atoms with Crippen molar-refractivity contribution in [1.29, 1.82) is 5.26 Å². The summed E-state index contributed by atoms with van der Waals surface area (Å²) in [7, 11) is 0. The Morgan fingerprint density at radius 1 is 1.35 bits per heavy atom. The molecule has 1 aliphatic heterocycles. The smallest absolute Gasteiger partial charge is 0.0991 e. The van der Waals surface area contributed by atoms with E-state index in [0.29, 0.717) is 5.92 Å². The maximum atomic E-state index is 8.87. The first kappa shape index (κ1) is 12.5. The lowest BCUT2D eigenvalue weighted by molar-refractivity contribution is 0.346. The minimum Gasteiger partial charge on any atom is -0.251 e. The van der Waals surface area contributed by atoms with E-state index in [9.17, 15) is 0 Å². The Hall–Kier alpha value is -0.980. The van der Waals surface area contributed by atoms with Crippen LogP contribution in [0.15, 0.2) is 18.2 Å². The summed E-state index contributed by atoms with van der Waals surface area (Å²) >= 11 is 1.84. The van der Waals surface area contributed by atoms with Crippen molar-refractivity contribution in [2.45, 2.75) is 25.7 Å². The lowest BCUT2D eigenvalue weighted by atomic mass is 9.87. The van der Waals surface area contributed by atoms with Crippen molar-refractivity contribution in [2.24, 2.45) is 0 Å². The van der Waals surface area contributed by atoms with Gasteiger partial charge in [-0.2, -0.15) is 5.26 Å². The van der Waals surface area contributed by atoms with Crippen LogP contribution in [0.2, 0.25) is 0 Å². The van der Waals surface area contributed by atoms with E-state index in [2.05, 4.69) is 29.6 Å². The zero-order valence-electron chi connectivity index (χ0n) is 10.4. The van der Waals surface area contributed by atoms with E-state index >= 15 is 0 Å². The van der Waals surface area contributed by atoms with E-state index in [1.165, 1.54) is 37.1 Å². The summed E-state index contributed by atoms with van der Waals surface area (Å²) in [5.41, 5.74) is 3.48. The average Bonchev–Trinajstić information content (AvgIpc) is 2.39. The number of piperidine rings is 1. The molecule has 1 saturated heterocycles. The molecule has 17 heavy (non-hydrogen) atoms. The van der Waals surface area contributed by atoms with Crippen LogP contribution in [0, 0.1) is 18.3 Å². The fraction of sp³-hybridized carbons (Fsp3) is 0.500. The molecule has 1 heterocycles. The van der Waals surface area contributed by atoms with Gasteiger partial charge in [-0.15, -0.1) is 0 Å². The Kier molecular flexibility index (Phi) is 4.09. The fourth-order valence-corrected chi connectivity index (χ4v) is 3.13. The van der Waals surface area contributed by atoms with Crippen molar-refractivity contribution >= 4 is 11.9 Å². The topological polar surface area (TPSA) is 27.0 Å². The first-order valence-corrected chi connectivity index (χ1v) is 7.22. The lowest BCUT2D eigenvalue weighted by Crippen LogP contribution is -2.27. The van der Waals surface area contributed by atoms with Crippen molar-refractivity contribution in [1.82, 2.24) is 4.31 Å². The highest BCUT2D eigenvalue weighted by atomic mass is 32.2. The monoisotopic (exact) mass is 246 g/mol. The maximum absolute atomic E-state index is 8.87. The first-order chi connectivity index (χ1) is 8.24. The highest BCUT2D eigenvalue weighted by Gasteiger charge is 2.21. The second-order valence-corrected chi connectivity index (χ2v) is 5.45. The first-order valence-electron chi connectivity index (χ1n) is 6.04.